The first-order valence-corrected chi connectivity index (χ1v) is 19.6. The van der Waals surface area contributed by atoms with E-state index >= 15 is 0 Å². The van der Waals surface area contributed by atoms with E-state index in [2.05, 4.69) is 63.4 Å². The summed E-state index contributed by atoms with van der Waals surface area (Å²) in [7, 11) is 0. The number of likely N-dealkylation sites (tertiary alicyclic amines) is 1. The minimum atomic E-state index is -0.193. The Morgan fingerprint density at radius 1 is 0.759 bits per heavy atom. The van der Waals surface area contributed by atoms with Crippen molar-refractivity contribution in [2.75, 3.05) is 0 Å². The number of aromatic nitrogens is 4. The van der Waals surface area contributed by atoms with Crippen LogP contribution in [0.5, 0.6) is 0 Å². The van der Waals surface area contributed by atoms with Crippen LogP contribution in [0.2, 0.25) is 0 Å². The second kappa shape index (κ2) is 13.0. The lowest BCUT2D eigenvalue weighted by atomic mass is 9.99. The summed E-state index contributed by atoms with van der Waals surface area (Å²) in [6.07, 6.45) is 10.1. The second-order valence-electron chi connectivity index (χ2n) is 16.0. The number of H-pyrrole nitrogens is 2. The summed E-state index contributed by atoms with van der Waals surface area (Å²) in [5.41, 5.74) is 9.73. The average Bonchev–Trinajstić information content (AvgIpc) is 3.87. The maximum absolute atomic E-state index is 13.8. The van der Waals surface area contributed by atoms with E-state index in [4.69, 9.17) is 9.97 Å². The van der Waals surface area contributed by atoms with Gasteiger partial charge in [-0.05, 0) is 92.0 Å². The standard InChI is InChI=1S/C46H45N6O2/c1-27(31-13-5-3-6-14-31)45(53)51-39-23-33(39)25-41(51)43-47-35-19-17-29(21-37(35)49-43)11-9-10-12-30-18-20-36-38(22-30)50-44(48-36)42-26-34-24-40(34)52(42)46(54)28(2)32-15-7-4-8-16-32/h3-10,13-22,27-28,33-34,39,41-42H,11-12,23-26H2,1-2H3,(H,47,49)(H,48,50)/q+1. The highest BCUT2D eigenvalue weighted by Gasteiger charge is 2.57. The van der Waals surface area contributed by atoms with Crippen LogP contribution in [0.4, 0.5) is 0 Å². The Labute approximate surface area is 315 Å². The fourth-order valence-corrected chi connectivity index (χ4v) is 9.19. The monoisotopic (exact) mass is 713 g/mol. The minimum Gasteiger partial charge on any atom is -0.340 e. The highest BCUT2D eigenvalue weighted by Crippen LogP contribution is 2.54. The number of rotatable bonds is 10. The molecule has 2 N–H and O–H groups in total. The van der Waals surface area contributed by atoms with E-state index in [9.17, 15) is 9.59 Å². The molecule has 8 heteroatoms. The number of allylic oxidation sites excluding steroid dienone is 2. The van der Waals surface area contributed by atoms with Gasteiger partial charge in [0.2, 0.25) is 11.9 Å². The highest BCUT2D eigenvalue weighted by atomic mass is 16.2. The van der Waals surface area contributed by atoms with E-state index in [1.165, 1.54) is 16.8 Å². The molecular weight excluding hydrogens is 669 g/mol. The van der Waals surface area contributed by atoms with E-state index in [-0.39, 0.29) is 35.7 Å². The van der Waals surface area contributed by atoms with E-state index < -0.39 is 0 Å². The van der Waals surface area contributed by atoms with Crippen molar-refractivity contribution in [3.8, 4) is 0 Å². The fraction of sp³-hybridized carbons (Fsp3) is 0.326. The zero-order valence-corrected chi connectivity index (χ0v) is 30.8. The molecule has 3 fully saturated rings. The molecule has 0 radical (unpaired) electrons. The zero-order valence-electron chi connectivity index (χ0n) is 30.8. The van der Waals surface area contributed by atoms with Gasteiger partial charge in [0, 0.05) is 18.9 Å². The summed E-state index contributed by atoms with van der Waals surface area (Å²) >= 11 is 0. The molecule has 4 aromatic carbocycles. The van der Waals surface area contributed by atoms with Gasteiger partial charge in [-0.2, -0.15) is 4.58 Å². The summed E-state index contributed by atoms with van der Waals surface area (Å²) in [5, 5.41) is 0. The quantitative estimate of drug-likeness (QED) is 0.110. The summed E-state index contributed by atoms with van der Waals surface area (Å²) in [4.78, 5) is 46.8. The average molecular weight is 714 g/mol. The van der Waals surface area contributed by atoms with Gasteiger partial charge < -0.3 is 14.9 Å². The third kappa shape index (κ3) is 5.88. The molecule has 270 valence electrons. The largest absolute Gasteiger partial charge is 0.394 e. The first-order valence-electron chi connectivity index (χ1n) is 19.6. The number of hydrogen-bond acceptors (Lipinski definition) is 4. The van der Waals surface area contributed by atoms with E-state index in [1.807, 2.05) is 79.1 Å². The number of fused-ring (bicyclic) bond motifs is 4. The summed E-state index contributed by atoms with van der Waals surface area (Å²) < 4.78 is 2.05. The van der Waals surface area contributed by atoms with E-state index in [0.717, 1.165) is 83.4 Å². The van der Waals surface area contributed by atoms with Gasteiger partial charge in [0.1, 0.15) is 11.7 Å². The van der Waals surface area contributed by atoms with Gasteiger partial charge in [0.15, 0.2) is 11.5 Å². The maximum Gasteiger partial charge on any atom is 0.394 e. The Hall–Kier alpha value is -5.63. The van der Waals surface area contributed by atoms with Crippen molar-refractivity contribution < 1.29 is 14.2 Å². The van der Waals surface area contributed by atoms with Crippen molar-refractivity contribution in [2.24, 2.45) is 11.8 Å². The first kappa shape index (κ1) is 33.0. The lowest BCUT2D eigenvalue weighted by molar-refractivity contribution is -0.490. The molecule has 1 saturated heterocycles. The molecule has 4 heterocycles. The van der Waals surface area contributed by atoms with Crippen LogP contribution in [-0.4, -0.2) is 53.0 Å². The van der Waals surface area contributed by atoms with Gasteiger partial charge in [-0.3, -0.25) is 4.79 Å². The molecule has 7 unspecified atom stereocenters. The summed E-state index contributed by atoms with van der Waals surface area (Å²) in [6, 6.07) is 33.4. The topological polar surface area (TPSA) is 97.8 Å². The predicted octanol–water partition coefficient (Wildman–Crippen LogP) is 8.49. The third-order valence-electron chi connectivity index (χ3n) is 12.5. The van der Waals surface area contributed by atoms with Gasteiger partial charge in [-0.25, -0.2) is 14.8 Å². The van der Waals surface area contributed by atoms with Crippen LogP contribution in [0.1, 0.15) is 97.4 Å². The van der Waals surface area contributed by atoms with Crippen molar-refractivity contribution in [2.45, 2.75) is 82.3 Å². The summed E-state index contributed by atoms with van der Waals surface area (Å²) in [6.45, 7) is 4.04. The van der Waals surface area contributed by atoms with Crippen LogP contribution in [0, 0.1) is 11.8 Å². The van der Waals surface area contributed by atoms with Gasteiger partial charge in [-0.15, -0.1) is 0 Å². The Bertz CT molecular complexity index is 2480. The number of nitrogens with zero attached hydrogens (tertiary/aromatic N) is 4. The molecule has 2 amide bonds. The number of imidazole rings is 2. The van der Waals surface area contributed by atoms with Crippen molar-refractivity contribution >= 4 is 39.6 Å². The SMILES string of the molecule is CC(C(=O)N1C(c2nc3ccc(CC=CCc4ccc5nc(C6CC7CC7=[N+]6C(=O)C(C)c6ccccc6)[nH]c5c4)cc3[nH]2)CC2CC21)c1ccccc1. The number of nitrogens with one attached hydrogen (secondary N) is 2. The lowest BCUT2D eigenvalue weighted by Gasteiger charge is -2.29. The number of piperidine rings is 1. The molecule has 4 aliphatic rings. The van der Waals surface area contributed by atoms with Crippen molar-refractivity contribution in [1.82, 2.24) is 24.8 Å². The Morgan fingerprint density at radius 3 is 2.00 bits per heavy atom. The lowest BCUT2D eigenvalue weighted by Crippen LogP contribution is -2.37. The van der Waals surface area contributed by atoms with Crippen molar-refractivity contribution in [3.63, 3.8) is 0 Å². The molecule has 8 nitrogen and oxygen atoms in total. The molecule has 0 bridgehead atoms. The Balaban J connectivity index is 0.796. The van der Waals surface area contributed by atoms with E-state index in [1.54, 1.807) is 0 Å². The molecular formula is C46H45N6O2+. The van der Waals surface area contributed by atoms with Crippen LogP contribution in [0.15, 0.2) is 109 Å². The molecule has 2 saturated carbocycles. The van der Waals surface area contributed by atoms with Crippen LogP contribution >= 0.6 is 0 Å². The number of carbonyl (C=O) groups is 2. The van der Waals surface area contributed by atoms with Gasteiger partial charge >= 0.3 is 5.91 Å². The van der Waals surface area contributed by atoms with Crippen molar-refractivity contribution in [1.29, 1.82) is 0 Å². The summed E-state index contributed by atoms with van der Waals surface area (Å²) in [5.74, 6) is 2.87. The van der Waals surface area contributed by atoms with Gasteiger partial charge in [0.05, 0.1) is 39.9 Å². The number of amides is 2. The van der Waals surface area contributed by atoms with Crippen LogP contribution in [0.25, 0.3) is 22.1 Å². The molecule has 2 aliphatic heterocycles. The first-order chi connectivity index (χ1) is 26.4. The molecule has 2 aromatic heterocycles. The van der Waals surface area contributed by atoms with Gasteiger partial charge in [-0.1, -0.05) is 84.9 Å². The van der Waals surface area contributed by atoms with E-state index in [0.29, 0.717) is 17.9 Å². The number of hydrogen-bond donors (Lipinski definition) is 2. The Kier molecular flexibility index (Phi) is 7.97. The number of aromatic amines is 2. The molecule has 7 atom stereocenters. The highest BCUT2D eigenvalue weighted by molar-refractivity contribution is 6.01. The number of benzene rings is 4. The molecule has 2 aliphatic carbocycles. The van der Waals surface area contributed by atoms with Crippen LogP contribution < -0.4 is 0 Å². The molecule has 54 heavy (non-hydrogen) atoms. The normalized spacial score (nSPS) is 24.0. The minimum absolute atomic E-state index is 0.00104. The van der Waals surface area contributed by atoms with Crippen LogP contribution in [0.3, 0.4) is 0 Å². The van der Waals surface area contributed by atoms with Crippen LogP contribution in [-0.2, 0) is 22.4 Å². The zero-order chi connectivity index (χ0) is 36.5. The molecule has 6 aromatic rings. The smallest absolute Gasteiger partial charge is 0.340 e. The predicted molar refractivity (Wildman–Crippen MR) is 210 cm³/mol. The van der Waals surface area contributed by atoms with Gasteiger partial charge in [0.25, 0.3) is 0 Å². The number of carbonyl (C=O) groups excluding carboxylic acids is 2. The fourth-order valence-electron chi connectivity index (χ4n) is 9.19. The second-order valence-corrected chi connectivity index (χ2v) is 16.0. The third-order valence-corrected chi connectivity index (χ3v) is 12.5. The maximum atomic E-state index is 13.8. The molecule has 0 spiro atoms. The van der Waals surface area contributed by atoms with Crippen molar-refractivity contribution in [3.05, 3.63) is 143 Å². The Morgan fingerprint density at radius 2 is 1.35 bits per heavy atom. The molecule has 10 rings (SSSR count).